The van der Waals surface area contributed by atoms with Crippen molar-refractivity contribution < 1.29 is 10.0 Å². The van der Waals surface area contributed by atoms with Crippen LogP contribution in [0.3, 0.4) is 0 Å². The molecule has 0 unspecified atom stereocenters. The van der Waals surface area contributed by atoms with Gasteiger partial charge in [-0.15, -0.1) is 0 Å². The Kier molecular flexibility index (Phi) is 2.55. The number of aromatic hydroxyl groups is 1. The summed E-state index contributed by atoms with van der Waals surface area (Å²) in [6.07, 6.45) is 4.90. The van der Waals surface area contributed by atoms with Crippen LogP contribution in [0.4, 0.5) is 5.69 Å². The van der Waals surface area contributed by atoms with E-state index in [0.717, 1.165) is 6.07 Å². The summed E-state index contributed by atoms with van der Waals surface area (Å²) in [5, 5.41) is 20.0. The average Bonchev–Trinajstić information content (AvgIpc) is 2.73. The lowest BCUT2D eigenvalue weighted by atomic mass is 10.1. The Hall–Kier alpha value is -2.37. The summed E-state index contributed by atoms with van der Waals surface area (Å²) < 4.78 is 1.72. The molecule has 0 fully saturated rings. The molecule has 0 aliphatic rings. The zero-order valence-electron chi connectivity index (χ0n) is 8.28. The first-order valence-electron chi connectivity index (χ1n) is 4.59. The number of rotatable bonds is 3. The lowest BCUT2D eigenvalue weighted by Gasteiger charge is -2.04. The molecule has 0 bridgehead atoms. The van der Waals surface area contributed by atoms with Crippen molar-refractivity contribution in [2.75, 3.05) is 0 Å². The highest BCUT2D eigenvalue weighted by Gasteiger charge is 2.14. The van der Waals surface area contributed by atoms with Gasteiger partial charge < -0.3 is 9.67 Å². The standard InChI is InChI=1S/C10H9N3O3/c14-9-2-1-8(10(5-9)13(15)16)6-12-4-3-11-7-12/h1-5,7,14H,6H2. The lowest BCUT2D eigenvalue weighted by Crippen LogP contribution is -2.01. The molecular weight excluding hydrogens is 210 g/mol. The van der Waals surface area contributed by atoms with Crippen molar-refractivity contribution in [3.8, 4) is 5.75 Å². The van der Waals surface area contributed by atoms with E-state index in [2.05, 4.69) is 4.98 Å². The summed E-state index contributed by atoms with van der Waals surface area (Å²) in [5.41, 5.74) is 0.439. The van der Waals surface area contributed by atoms with Crippen LogP contribution in [-0.4, -0.2) is 19.6 Å². The molecule has 0 saturated heterocycles. The maximum Gasteiger partial charge on any atom is 0.278 e. The first-order valence-corrected chi connectivity index (χ1v) is 4.59. The molecule has 16 heavy (non-hydrogen) atoms. The molecule has 6 nitrogen and oxygen atoms in total. The van der Waals surface area contributed by atoms with Crippen LogP contribution in [0.15, 0.2) is 36.9 Å². The predicted octanol–water partition coefficient (Wildman–Crippen LogP) is 1.55. The zero-order valence-corrected chi connectivity index (χ0v) is 8.28. The summed E-state index contributed by atoms with van der Waals surface area (Å²) in [7, 11) is 0. The molecule has 2 rings (SSSR count). The zero-order chi connectivity index (χ0) is 11.5. The molecule has 0 atom stereocenters. The Bertz CT molecular complexity index is 508. The van der Waals surface area contributed by atoms with Gasteiger partial charge in [0.1, 0.15) is 5.75 Å². The topological polar surface area (TPSA) is 81.2 Å². The van der Waals surface area contributed by atoms with E-state index in [4.69, 9.17) is 0 Å². The molecule has 2 aromatic rings. The van der Waals surface area contributed by atoms with E-state index in [9.17, 15) is 15.2 Å². The minimum Gasteiger partial charge on any atom is -0.508 e. The van der Waals surface area contributed by atoms with E-state index < -0.39 is 4.92 Å². The highest BCUT2D eigenvalue weighted by Crippen LogP contribution is 2.24. The second-order valence-electron chi connectivity index (χ2n) is 3.31. The Labute approximate surface area is 90.9 Å². The number of aromatic nitrogens is 2. The van der Waals surface area contributed by atoms with Crippen LogP contribution < -0.4 is 0 Å². The van der Waals surface area contributed by atoms with Crippen LogP contribution in [0.5, 0.6) is 5.75 Å². The normalized spacial score (nSPS) is 10.2. The van der Waals surface area contributed by atoms with Crippen LogP contribution in [0.2, 0.25) is 0 Å². The van der Waals surface area contributed by atoms with E-state index in [0.29, 0.717) is 12.1 Å². The first kappa shape index (κ1) is 10.2. The maximum atomic E-state index is 10.8. The lowest BCUT2D eigenvalue weighted by molar-refractivity contribution is -0.385. The molecule has 0 aliphatic heterocycles. The summed E-state index contributed by atoms with van der Waals surface area (Å²) in [5.74, 6) is -0.110. The van der Waals surface area contributed by atoms with Crippen molar-refractivity contribution >= 4 is 5.69 Å². The molecule has 0 saturated carbocycles. The monoisotopic (exact) mass is 219 g/mol. The van der Waals surface area contributed by atoms with Crippen molar-refractivity contribution in [1.29, 1.82) is 0 Å². The van der Waals surface area contributed by atoms with Crippen LogP contribution in [0.25, 0.3) is 0 Å². The van der Waals surface area contributed by atoms with Gasteiger partial charge in [-0.05, 0) is 12.1 Å². The average molecular weight is 219 g/mol. The van der Waals surface area contributed by atoms with Gasteiger partial charge in [0, 0.05) is 18.0 Å². The SMILES string of the molecule is O=[N+]([O-])c1cc(O)ccc1Cn1ccnc1. The fourth-order valence-corrected chi connectivity index (χ4v) is 1.43. The van der Waals surface area contributed by atoms with E-state index >= 15 is 0 Å². The van der Waals surface area contributed by atoms with Crippen molar-refractivity contribution in [2.24, 2.45) is 0 Å². The van der Waals surface area contributed by atoms with Gasteiger partial charge in [-0.25, -0.2) is 4.98 Å². The Morgan fingerprint density at radius 1 is 1.50 bits per heavy atom. The third kappa shape index (κ3) is 2.00. The minimum atomic E-state index is -0.508. The minimum absolute atomic E-state index is 0.0892. The Morgan fingerprint density at radius 2 is 2.31 bits per heavy atom. The van der Waals surface area contributed by atoms with Gasteiger partial charge >= 0.3 is 0 Å². The Morgan fingerprint density at radius 3 is 2.94 bits per heavy atom. The maximum absolute atomic E-state index is 10.8. The predicted molar refractivity (Wildman–Crippen MR) is 56.1 cm³/mol. The van der Waals surface area contributed by atoms with Crippen molar-refractivity contribution in [3.63, 3.8) is 0 Å². The van der Waals surface area contributed by atoms with Crippen molar-refractivity contribution in [2.45, 2.75) is 6.54 Å². The van der Waals surface area contributed by atoms with Gasteiger partial charge in [0.05, 0.1) is 23.9 Å². The van der Waals surface area contributed by atoms with Gasteiger partial charge in [-0.3, -0.25) is 10.1 Å². The number of phenols is 1. The number of nitro benzene ring substituents is 1. The smallest absolute Gasteiger partial charge is 0.278 e. The summed E-state index contributed by atoms with van der Waals surface area (Å²) in [6.45, 7) is 0.358. The van der Waals surface area contributed by atoms with Gasteiger partial charge in [0.15, 0.2) is 0 Å². The molecule has 0 radical (unpaired) electrons. The number of benzene rings is 1. The second kappa shape index (κ2) is 4.01. The Balaban J connectivity index is 2.36. The van der Waals surface area contributed by atoms with Gasteiger partial charge in [-0.1, -0.05) is 0 Å². The second-order valence-corrected chi connectivity index (χ2v) is 3.31. The molecule has 1 heterocycles. The van der Waals surface area contributed by atoms with Crippen molar-refractivity contribution in [3.05, 3.63) is 52.6 Å². The third-order valence-electron chi connectivity index (χ3n) is 2.18. The number of phenolic OH excluding ortho intramolecular Hbond substituents is 1. The summed E-state index contributed by atoms with van der Waals surface area (Å²) >= 11 is 0. The largest absolute Gasteiger partial charge is 0.508 e. The van der Waals surface area contributed by atoms with Gasteiger partial charge in [0.25, 0.3) is 5.69 Å². The van der Waals surface area contributed by atoms with E-state index in [-0.39, 0.29) is 11.4 Å². The highest BCUT2D eigenvalue weighted by molar-refractivity contribution is 5.45. The first-order chi connectivity index (χ1) is 7.66. The van der Waals surface area contributed by atoms with E-state index in [1.165, 1.54) is 12.1 Å². The number of imidazole rings is 1. The van der Waals surface area contributed by atoms with E-state index in [1.54, 1.807) is 23.3 Å². The van der Waals surface area contributed by atoms with Gasteiger partial charge in [0.2, 0.25) is 0 Å². The molecule has 1 aromatic carbocycles. The van der Waals surface area contributed by atoms with Gasteiger partial charge in [-0.2, -0.15) is 0 Å². The van der Waals surface area contributed by atoms with Crippen LogP contribution in [-0.2, 0) is 6.54 Å². The summed E-state index contributed by atoms with van der Waals surface area (Å²) in [4.78, 5) is 14.1. The van der Waals surface area contributed by atoms with E-state index in [1.807, 2.05) is 0 Å². The molecule has 0 amide bonds. The van der Waals surface area contributed by atoms with Crippen LogP contribution in [0, 0.1) is 10.1 Å². The molecule has 1 N–H and O–H groups in total. The summed E-state index contributed by atoms with van der Waals surface area (Å²) in [6, 6.07) is 4.11. The highest BCUT2D eigenvalue weighted by atomic mass is 16.6. The number of hydrogen-bond donors (Lipinski definition) is 1. The van der Waals surface area contributed by atoms with Crippen molar-refractivity contribution in [1.82, 2.24) is 9.55 Å². The third-order valence-corrected chi connectivity index (χ3v) is 2.18. The molecular formula is C10H9N3O3. The number of hydrogen-bond acceptors (Lipinski definition) is 4. The fourth-order valence-electron chi connectivity index (χ4n) is 1.43. The quantitative estimate of drug-likeness (QED) is 0.627. The molecule has 82 valence electrons. The molecule has 1 aromatic heterocycles. The van der Waals surface area contributed by atoms with Crippen LogP contribution >= 0.6 is 0 Å². The molecule has 6 heteroatoms. The fraction of sp³-hybridized carbons (Fsp3) is 0.100. The number of nitrogens with zero attached hydrogens (tertiary/aromatic N) is 3. The number of nitro groups is 1. The molecule has 0 aliphatic carbocycles. The van der Waals surface area contributed by atoms with Crippen LogP contribution in [0.1, 0.15) is 5.56 Å². The molecule has 0 spiro atoms.